The van der Waals surface area contributed by atoms with Gasteiger partial charge in [-0.2, -0.15) is 5.10 Å². The Morgan fingerprint density at radius 3 is 2.68 bits per heavy atom. The second-order valence-corrected chi connectivity index (χ2v) is 7.82. The van der Waals surface area contributed by atoms with E-state index in [-0.39, 0.29) is 12.1 Å². The van der Waals surface area contributed by atoms with Crippen LogP contribution in [-0.2, 0) is 6.54 Å². The van der Waals surface area contributed by atoms with Gasteiger partial charge in [-0.3, -0.25) is 4.79 Å². The molecule has 1 aliphatic rings. The maximum absolute atomic E-state index is 12.1. The van der Waals surface area contributed by atoms with Crippen LogP contribution in [0.1, 0.15) is 37.5 Å². The summed E-state index contributed by atoms with van der Waals surface area (Å²) in [7, 11) is 0. The van der Waals surface area contributed by atoms with E-state index in [0.717, 1.165) is 36.3 Å². The average molecular weight is 318 g/mol. The number of aromatic nitrogens is 2. The first-order valence-electron chi connectivity index (χ1n) is 7.83. The lowest BCUT2D eigenvalue weighted by atomic mass is 9.79. The zero-order chi connectivity index (χ0) is 15.7. The maximum atomic E-state index is 12.1. The predicted molar refractivity (Wildman–Crippen MR) is 89.1 cm³/mol. The highest BCUT2D eigenvalue weighted by atomic mass is 32.1. The Balaban J connectivity index is 1.86. The largest absolute Gasteiger partial charge is 0.388 e. The van der Waals surface area contributed by atoms with Crippen LogP contribution in [0.5, 0.6) is 0 Å². The van der Waals surface area contributed by atoms with Crippen LogP contribution in [0, 0.1) is 12.8 Å². The molecule has 1 N–H and O–H groups in total. The van der Waals surface area contributed by atoms with E-state index in [1.807, 2.05) is 12.1 Å². The molecular weight excluding hydrogens is 296 g/mol. The molecule has 0 atom stereocenters. The van der Waals surface area contributed by atoms with Gasteiger partial charge in [-0.05, 0) is 56.7 Å². The highest BCUT2D eigenvalue weighted by Crippen LogP contribution is 2.32. The fraction of sp³-hybridized carbons (Fsp3) is 0.529. The SMILES string of the molecule is Cc1ccc(-c2ccc(=O)n(CC3(O)CCC(C)CC3)n2)s1. The van der Waals surface area contributed by atoms with Gasteiger partial charge in [-0.1, -0.05) is 6.92 Å². The standard InChI is InChI=1S/C17H22N2O2S/c1-12-7-9-17(21,10-8-12)11-19-16(20)6-4-14(18-19)15-5-3-13(2)22-15/h3-6,12,21H,7-11H2,1-2H3. The topological polar surface area (TPSA) is 55.1 Å². The predicted octanol–water partition coefficient (Wildman–Crippen LogP) is 3.22. The lowest BCUT2D eigenvalue weighted by molar-refractivity contribution is -0.0253. The molecule has 0 amide bonds. The van der Waals surface area contributed by atoms with E-state index in [9.17, 15) is 9.90 Å². The second-order valence-electron chi connectivity index (χ2n) is 6.53. The molecule has 0 radical (unpaired) electrons. The Bertz CT molecular complexity index is 711. The van der Waals surface area contributed by atoms with Crippen molar-refractivity contribution in [1.29, 1.82) is 0 Å². The van der Waals surface area contributed by atoms with Crippen molar-refractivity contribution in [3.05, 3.63) is 39.5 Å². The minimum Gasteiger partial charge on any atom is -0.388 e. The minimum absolute atomic E-state index is 0.149. The summed E-state index contributed by atoms with van der Waals surface area (Å²) in [5.74, 6) is 0.658. The van der Waals surface area contributed by atoms with Crippen LogP contribution in [0.25, 0.3) is 10.6 Å². The van der Waals surface area contributed by atoms with Crippen molar-refractivity contribution >= 4 is 11.3 Å². The van der Waals surface area contributed by atoms with Gasteiger partial charge in [0.1, 0.15) is 5.69 Å². The Hall–Kier alpha value is -1.46. The van der Waals surface area contributed by atoms with E-state index in [2.05, 4.69) is 18.9 Å². The third-order valence-electron chi connectivity index (χ3n) is 4.51. The molecule has 0 unspecified atom stereocenters. The van der Waals surface area contributed by atoms with Crippen LogP contribution in [0.15, 0.2) is 29.1 Å². The van der Waals surface area contributed by atoms with Gasteiger partial charge < -0.3 is 5.11 Å². The van der Waals surface area contributed by atoms with Gasteiger partial charge >= 0.3 is 0 Å². The maximum Gasteiger partial charge on any atom is 0.266 e. The molecule has 1 fully saturated rings. The average Bonchev–Trinajstić information content (AvgIpc) is 2.92. The van der Waals surface area contributed by atoms with Crippen LogP contribution in [0.4, 0.5) is 0 Å². The quantitative estimate of drug-likeness (QED) is 0.945. The number of thiophene rings is 1. The van der Waals surface area contributed by atoms with Crippen molar-refractivity contribution in [2.24, 2.45) is 5.92 Å². The second kappa shape index (κ2) is 5.97. The Morgan fingerprint density at radius 2 is 2.05 bits per heavy atom. The van der Waals surface area contributed by atoms with E-state index in [1.165, 1.54) is 9.56 Å². The molecule has 0 aliphatic heterocycles. The lowest BCUT2D eigenvalue weighted by Crippen LogP contribution is -2.41. The molecule has 1 saturated carbocycles. The lowest BCUT2D eigenvalue weighted by Gasteiger charge is -2.34. The van der Waals surface area contributed by atoms with Gasteiger partial charge in [0, 0.05) is 10.9 Å². The molecule has 22 heavy (non-hydrogen) atoms. The summed E-state index contributed by atoms with van der Waals surface area (Å²) >= 11 is 1.66. The van der Waals surface area contributed by atoms with Crippen LogP contribution < -0.4 is 5.56 Å². The number of hydrogen-bond donors (Lipinski definition) is 1. The molecule has 5 heteroatoms. The van der Waals surface area contributed by atoms with Gasteiger partial charge in [0.25, 0.3) is 5.56 Å². The summed E-state index contributed by atoms with van der Waals surface area (Å²) < 4.78 is 1.43. The van der Waals surface area contributed by atoms with Crippen molar-refractivity contribution in [3.63, 3.8) is 0 Å². The summed E-state index contributed by atoms with van der Waals surface area (Å²) in [6.45, 7) is 4.55. The summed E-state index contributed by atoms with van der Waals surface area (Å²) in [6.07, 6.45) is 3.50. The summed E-state index contributed by atoms with van der Waals surface area (Å²) in [5.41, 5.74) is -0.151. The van der Waals surface area contributed by atoms with Crippen molar-refractivity contribution in [3.8, 4) is 10.6 Å². The highest BCUT2D eigenvalue weighted by molar-refractivity contribution is 7.15. The van der Waals surface area contributed by atoms with Crippen LogP contribution in [0.3, 0.4) is 0 Å². The van der Waals surface area contributed by atoms with Gasteiger partial charge in [-0.25, -0.2) is 4.68 Å². The number of rotatable bonds is 3. The van der Waals surface area contributed by atoms with E-state index < -0.39 is 5.60 Å². The van der Waals surface area contributed by atoms with Gasteiger partial charge in [0.05, 0.1) is 17.0 Å². The first-order chi connectivity index (χ1) is 10.5. The van der Waals surface area contributed by atoms with Crippen molar-refractivity contribution in [1.82, 2.24) is 9.78 Å². The normalized spacial score (nSPS) is 25.3. The zero-order valence-corrected chi connectivity index (χ0v) is 13.9. The molecule has 2 heterocycles. The molecule has 0 saturated heterocycles. The molecule has 118 valence electrons. The van der Waals surface area contributed by atoms with Crippen molar-refractivity contribution in [2.75, 3.05) is 0 Å². The molecule has 2 aromatic rings. The molecule has 2 aromatic heterocycles. The van der Waals surface area contributed by atoms with E-state index in [1.54, 1.807) is 23.5 Å². The third kappa shape index (κ3) is 3.31. The first kappa shape index (κ1) is 15.4. The van der Waals surface area contributed by atoms with E-state index >= 15 is 0 Å². The fourth-order valence-electron chi connectivity index (χ4n) is 3.00. The van der Waals surface area contributed by atoms with E-state index in [0.29, 0.717) is 5.92 Å². The fourth-order valence-corrected chi connectivity index (χ4v) is 3.83. The third-order valence-corrected chi connectivity index (χ3v) is 5.53. The Morgan fingerprint density at radius 1 is 1.32 bits per heavy atom. The smallest absolute Gasteiger partial charge is 0.266 e. The van der Waals surface area contributed by atoms with Gasteiger partial charge in [0.2, 0.25) is 0 Å². The minimum atomic E-state index is -0.798. The van der Waals surface area contributed by atoms with Crippen molar-refractivity contribution < 1.29 is 5.11 Å². The van der Waals surface area contributed by atoms with E-state index in [4.69, 9.17) is 0 Å². The first-order valence-corrected chi connectivity index (χ1v) is 8.64. The Kier molecular flexibility index (Phi) is 4.19. The monoisotopic (exact) mass is 318 g/mol. The van der Waals surface area contributed by atoms with Gasteiger partial charge in [-0.15, -0.1) is 11.3 Å². The van der Waals surface area contributed by atoms with Crippen LogP contribution in [0.2, 0.25) is 0 Å². The molecule has 0 aromatic carbocycles. The number of nitrogens with zero attached hydrogens (tertiary/aromatic N) is 2. The van der Waals surface area contributed by atoms with Crippen molar-refractivity contribution in [2.45, 2.75) is 51.7 Å². The number of hydrogen-bond acceptors (Lipinski definition) is 4. The molecule has 0 bridgehead atoms. The van der Waals surface area contributed by atoms with Crippen LogP contribution >= 0.6 is 11.3 Å². The van der Waals surface area contributed by atoms with Crippen LogP contribution in [-0.4, -0.2) is 20.5 Å². The summed E-state index contributed by atoms with van der Waals surface area (Å²) in [5, 5.41) is 15.2. The number of aryl methyl sites for hydroxylation is 1. The zero-order valence-electron chi connectivity index (χ0n) is 13.1. The number of aliphatic hydroxyl groups is 1. The molecule has 1 aliphatic carbocycles. The highest BCUT2D eigenvalue weighted by Gasteiger charge is 2.32. The summed E-state index contributed by atoms with van der Waals surface area (Å²) in [4.78, 5) is 14.3. The Labute approximate surface area is 134 Å². The molecule has 3 rings (SSSR count). The molecule has 4 nitrogen and oxygen atoms in total. The van der Waals surface area contributed by atoms with Gasteiger partial charge in [0.15, 0.2) is 0 Å². The molecular formula is C17H22N2O2S. The molecule has 0 spiro atoms. The summed E-state index contributed by atoms with van der Waals surface area (Å²) in [6, 6.07) is 7.38.